The maximum absolute atomic E-state index is 11.2. The van der Waals surface area contributed by atoms with Crippen LogP contribution < -0.4 is 4.87 Å². The van der Waals surface area contributed by atoms with Gasteiger partial charge in [-0.15, -0.1) is 0 Å². The van der Waals surface area contributed by atoms with Crippen LogP contribution in [0.15, 0.2) is 21.8 Å². The van der Waals surface area contributed by atoms with E-state index in [0.29, 0.717) is 6.54 Å². The molecule has 0 aliphatic heterocycles. The van der Waals surface area contributed by atoms with Crippen molar-refractivity contribution in [2.45, 2.75) is 20.4 Å². The van der Waals surface area contributed by atoms with Gasteiger partial charge in [-0.3, -0.25) is 9.36 Å². The van der Waals surface area contributed by atoms with E-state index in [1.807, 2.05) is 6.92 Å². The minimum absolute atomic E-state index is 0.0584. The van der Waals surface area contributed by atoms with E-state index in [1.165, 1.54) is 17.6 Å². The average Bonchev–Trinajstić information content (AvgIpc) is 2.43. The monoisotopic (exact) mass is 213 g/mol. The number of thiazole rings is 1. The lowest BCUT2D eigenvalue weighted by atomic mass is 10.3. The number of hydrogen-bond acceptors (Lipinski definition) is 3. The van der Waals surface area contributed by atoms with E-state index in [1.54, 1.807) is 5.38 Å². The summed E-state index contributed by atoms with van der Waals surface area (Å²) in [6, 6.07) is 0. The van der Waals surface area contributed by atoms with Crippen molar-refractivity contribution in [2.75, 3.05) is 0 Å². The molecule has 1 rings (SSSR count). The third-order valence-corrected chi connectivity index (χ3v) is 2.77. The molecular formula is C9H11NO3S. The van der Waals surface area contributed by atoms with Crippen LogP contribution in [0, 0.1) is 6.92 Å². The van der Waals surface area contributed by atoms with Gasteiger partial charge in [0.05, 0.1) is 0 Å². The van der Waals surface area contributed by atoms with Crippen molar-refractivity contribution in [3.8, 4) is 0 Å². The minimum atomic E-state index is -0.953. The number of carboxylic acids is 1. The predicted octanol–water partition coefficient (Wildman–Crippen LogP) is 1.25. The van der Waals surface area contributed by atoms with E-state index in [0.717, 1.165) is 17.0 Å². The SMILES string of the molecule is CC(=CCn1c(C)csc1=O)C(=O)O. The average molecular weight is 213 g/mol. The summed E-state index contributed by atoms with van der Waals surface area (Å²) in [6.07, 6.45) is 1.53. The first kappa shape index (κ1) is 10.7. The summed E-state index contributed by atoms with van der Waals surface area (Å²) < 4.78 is 1.54. The molecule has 1 heterocycles. The summed E-state index contributed by atoms with van der Waals surface area (Å²) in [4.78, 5) is 21.6. The van der Waals surface area contributed by atoms with Crippen molar-refractivity contribution >= 4 is 17.3 Å². The number of hydrogen-bond donors (Lipinski definition) is 1. The van der Waals surface area contributed by atoms with Crippen LogP contribution in [-0.2, 0) is 11.3 Å². The second-order valence-corrected chi connectivity index (χ2v) is 3.77. The third-order valence-electron chi connectivity index (χ3n) is 1.89. The molecule has 0 saturated carbocycles. The zero-order chi connectivity index (χ0) is 10.7. The first-order chi connectivity index (χ1) is 6.52. The summed E-state index contributed by atoms with van der Waals surface area (Å²) in [5.74, 6) is -0.953. The van der Waals surface area contributed by atoms with Gasteiger partial charge in [-0.2, -0.15) is 0 Å². The molecule has 14 heavy (non-hydrogen) atoms. The largest absolute Gasteiger partial charge is 0.478 e. The highest BCUT2D eigenvalue weighted by molar-refractivity contribution is 7.07. The summed E-state index contributed by atoms with van der Waals surface area (Å²) in [5.41, 5.74) is 1.11. The zero-order valence-corrected chi connectivity index (χ0v) is 8.80. The molecule has 0 aliphatic rings. The fourth-order valence-corrected chi connectivity index (χ4v) is 1.69. The molecule has 0 amide bonds. The molecule has 0 saturated heterocycles. The molecule has 0 bridgehead atoms. The van der Waals surface area contributed by atoms with Crippen LogP contribution in [0.1, 0.15) is 12.6 Å². The minimum Gasteiger partial charge on any atom is -0.478 e. The molecular weight excluding hydrogens is 202 g/mol. The smallest absolute Gasteiger partial charge is 0.331 e. The topological polar surface area (TPSA) is 59.3 Å². The van der Waals surface area contributed by atoms with Crippen molar-refractivity contribution in [1.82, 2.24) is 4.57 Å². The summed E-state index contributed by atoms with van der Waals surface area (Å²) >= 11 is 1.12. The van der Waals surface area contributed by atoms with E-state index in [-0.39, 0.29) is 10.4 Å². The maximum atomic E-state index is 11.2. The van der Waals surface area contributed by atoms with Gasteiger partial charge in [-0.1, -0.05) is 17.4 Å². The van der Waals surface area contributed by atoms with E-state index in [2.05, 4.69) is 0 Å². The number of allylic oxidation sites excluding steroid dienone is 1. The van der Waals surface area contributed by atoms with Crippen LogP contribution in [0.2, 0.25) is 0 Å². The van der Waals surface area contributed by atoms with Gasteiger partial charge in [0.25, 0.3) is 0 Å². The maximum Gasteiger partial charge on any atom is 0.331 e. The number of nitrogens with zero attached hydrogens (tertiary/aromatic N) is 1. The summed E-state index contributed by atoms with van der Waals surface area (Å²) in [5, 5.41) is 10.4. The Hall–Kier alpha value is -1.36. The Balaban J connectivity index is 2.86. The van der Waals surface area contributed by atoms with Crippen LogP contribution in [0.3, 0.4) is 0 Å². The van der Waals surface area contributed by atoms with Gasteiger partial charge in [-0.05, 0) is 13.8 Å². The Morgan fingerprint density at radius 2 is 2.36 bits per heavy atom. The van der Waals surface area contributed by atoms with E-state index >= 15 is 0 Å². The molecule has 1 aromatic rings. The summed E-state index contributed by atoms with van der Waals surface area (Å²) in [7, 11) is 0. The Kier molecular flexibility index (Phi) is 3.24. The zero-order valence-electron chi connectivity index (χ0n) is 7.98. The van der Waals surface area contributed by atoms with E-state index in [9.17, 15) is 9.59 Å². The molecule has 0 unspecified atom stereocenters. The van der Waals surface area contributed by atoms with Crippen LogP contribution >= 0.6 is 11.3 Å². The molecule has 0 fully saturated rings. The second-order valence-electron chi connectivity index (χ2n) is 2.95. The van der Waals surface area contributed by atoms with E-state index < -0.39 is 5.97 Å². The Morgan fingerprint density at radius 1 is 1.71 bits per heavy atom. The molecule has 0 aliphatic carbocycles. The highest BCUT2D eigenvalue weighted by Crippen LogP contribution is 2.01. The van der Waals surface area contributed by atoms with Gasteiger partial charge < -0.3 is 5.11 Å². The van der Waals surface area contributed by atoms with Crippen molar-refractivity contribution in [3.05, 3.63) is 32.4 Å². The Bertz CT molecular complexity index is 428. The number of aliphatic carboxylic acids is 1. The highest BCUT2D eigenvalue weighted by Gasteiger charge is 2.02. The molecule has 0 aromatic carbocycles. The third kappa shape index (κ3) is 2.32. The van der Waals surface area contributed by atoms with Crippen LogP contribution in [-0.4, -0.2) is 15.6 Å². The molecule has 5 heteroatoms. The molecule has 1 aromatic heterocycles. The second kappa shape index (κ2) is 4.23. The van der Waals surface area contributed by atoms with Gasteiger partial charge in [0.15, 0.2) is 0 Å². The first-order valence-corrected chi connectivity index (χ1v) is 4.95. The number of carbonyl (C=O) groups is 1. The number of carboxylic acid groups (broad SMARTS) is 1. The lowest BCUT2D eigenvalue weighted by Gasteiger charge is -1.99. The van der Waals surface area contributed by atoms with E-state index in [4.69, 9.17) is 5.11 Å². The molecule has 0 radical (unpaired) electrons. The first-order valence-electron chi connectivity index (χ1n) is 4.07. The predicted molar refractivity (Wildman–Crippen MR) is 54.7 cm³/mol. The Labute approximate surface area is 85.1 Å². The normalized spacial score (nSPS) is 11.7. The van der Waals surface area contributed by atoms with Gasteiger partial charge in [0.1, 0.15) is 0 Å². The fourth-order valence-electron chi connectivity index (χ4n) is 0.941. The standard InChI is InChI=1S/C9H11NO3S/c1-6(8(11)12)3-4-10-7(2)5-14-9(10)13/h3,5H,4H2,1-2H3,(H,11,12). The van der Waals surface area contributed by atoms with Crippen molar-refractivity contribution in [2.24, 2.45) is 0 Å². The fraction of sp³-hybridized carbons (Fsp3) is 0.333. The molecule has 0 atom stereocenters. The Morgan fingerprint density at radius 3 is 2.79 bits per heavy atom. The van der Waals surface area contributed by atoms with Crippen molar-refractivity contribution in [1.29, 1.82) is 0 Å². The van der Waals surface area contributed by atoms with Crippen molar-refractivity contribution in [3.63, 3.8) is 0 Å². The number of rotatable bonds is 3. The highest BCUT2D eigenvalue weighted by atomic mass is 32.1. The molecule has 0 spiro atoms. The lowest BCUT2D eigenvalue weighted by Crippen LogP contribution is -2.14. The molecule has 1 N–H and O–H groups in total. The number of aromatic nitrogens is 1. The van der Waals surface area contributed by atoms with Gasteiger partial charge in [0, 0.05) is 23.2 Å². The quantitative estimate of drug-likeness (QED) is 0.769. The van der Waals surface area contributed by atoms with Crippen LogP contribution in [0.5, 0.6) is 0 Å². The summed E-state index contributed by atoms with van der Waals surface area (Å²) in [6.45, 7) is 3.66. The van der Waals surface area contributed by atoms with Gasteiger partial charge in [-0.25, -0.2) is 4.79 Å². The van der Waals surface area contributed by atoms with Crippen molar-refractivity contribution < 1.29 is 9.90 Å². The number of aryl methyl sites for hydroxylation is 1. The van der Waals surface area contributed by atoms with Crippen LogP contribution in [0.25, 0.3) is 0 Å². The van der Waals surface area contributed by atoms with Gasteiger partial charge >= 0.3 is 10.8 Å². The molecule has 76 valence electrons. The van der Waals surface area contributed by atoms with Crippen LogP contribution in [0.4, 0.5) is 0 Å². The molecule has 4 nitrogen and oxygen atoms in total. The lowest BCUT2D eigenvalue weighted by molar-refractivity contribution is -0.132. The van der Waals surface area contributed by atoms with Gasteiger partial charge in [0.2, 0.25) is 0 Å².